The van der Waals surface area contributed by atoms with Gasteiger partial charge in [0.15, 0.2) is 0 Å². The molecular formula is C8H6NOs. The van der Waals surface area contributed by atoms with Gasteiger partial charge in [0.05, 0.1) is 0 Å². The van der Waals surface area contributed by atoms with Gasteiger partial charge in [0, 0.05) is 0 Å². The molecule has 1 aromatic rings. The van der Waals surface area contributed by atoms with E-state index in [4.69, 9.17) is 5.26 Å². The molecule has 0 heterocycles. The standard InChI is InChI=1S/C8H6N.Os/c1-7-3-2-4-8(5-7)6-9;/h2-3,5H,1H3;/q-1;+1. The second kappa shape index (κ2) is 4.21. The number of nitrogens with zero attached hydrogens (tertiary/aromatic N) is 1. The topological polar surface area (TPSA) is 23.8 Å². The van der Waals surface area contributed by atoms with Crippen molar-refractivity contribution in [3.63, 3.8) is 0 Å². The Morgan fingerprint density at radius 1 is 1.60 bits per heavy atom. The van der Waals surface area contributed by atoms with Crippen molar-refractivity contribution in [2.75, 3.05) is 0 Å². The van der Waals surface area contributed by atoms with Gasteiger partial charge in [-0.25, -0.2) is 0 Å². The minimum atomic E-state index is 0. The zero-order valence-electron chi connectivity index (χ0n) is 5.53. The molecule has 1 radical (unpaired) electrons. The second-order valence-electron chi connectivity index (χ2n) is 1.89. The molecule has 0 spiro atoms. The van der Waals surface area contributed by atoms with Crippen LogP contribution in [0.3, 0.4) is 0 Å². The van der Waals surface area contributed by atoms with Crippen molar-refractivity contribution in [3.05, 3.63) is 35.4 Å². The molecule has 0 fully saturated rings. The minimum Gasteiger partial charge on any atom is -0.262 e. The normalized spacial score (nSPS) is 7.60. The van der Waals surface area contributed by atoms with E-state index in [1.165, 1.54) is 0 Å². The van der Waals surface area contributed by atoms with Crippen molar-refractivity contribution in [3.8, 4) is 6.07 Å². The van der Waals surface area contributed by atoms with Crippen LogP contribution in [0, 0.1) is 24.3 Å². The Balaban J connectivity index is 0.000000810. The van der Waals surface area contributed by atoms with Gasteiger partial charge in [0.2, 0.25) is 0 Å². The Morgan fingerprint density at radius 3 is 2.70 bits per heavy atom. The monoisotopic (exact) mass is 308 g/mol. The third-order valence-electron chi connectivity index (χ3n) is 1.08. The number of nitriles is 1. The molecule has 0 amide bonds. The molecule has 0 aliphatic carbocycles. The predicted molar refractivity (Wildman–Crippen MR) is 34.7 cm³/mol. The van der Waals surface area contributed by atoms with Gasteiger partial charge in [0.25, 0.3) is 0 Å². The van der Waals surface area contributed by atoms with Crippen LogP contribution in [0.5, 0.6) is 0 Å². The fraction of sp³-hybridized carbons (Fsp3) is 0.125. The van der Waals surface area contributed by atoms with Gasteiger partial charge in [-0.15, -0.1) is 29.8 Å². The molecule has 0 saturated heterocycles. The number of aryl methyl sites for hydroxylation is 1. The molecule has 0 N–H and O–H groups in total. The molecule has 10 heavy (non-hydrogen) atoms. The van der Waals surface area contributed by atoms with Crippen LogP contribution in [0.4, 0.5) is 0 Å². The summed E-state index contributed by atoms with van der Waals surface area (Å²) in [7, 11) is 0. The van der Waals surface area contributed by atoms with Crippen molar-refractivity contribution in [1.82, 2.24) is 0 Å². The number of hydrogen-bond acceptors (Lipinski definition) is 1. The van der Waals surface area contributed by atoms with Crippen molar-refractivity contribution in [2.45, 2.75) is 6.92 Å². The molecule has 1 rings (SSSR count). The fourth-order valence-electron chi connectivity index (χ4n) is 0.645. The van der Waals surface area contributed by atoms with Gasteiger partial charge in [-0.3, -0.25) is 5.26 Å². The van der Waals surface area contributed by atoms with E-state index in [9.17, 15) is 0 Å². The summed E-state index contributed by atoms with van der Waals surface area (Å²) in [5, 5.41) is 8.38. The van der Waals surface area contributed by atoms with E-state index in [1.807, 2.05) is 19.1 Å². The maximum Gasteiger partial charge on any atom is 1.00 e. The Hall–Kier alpha value is -0.654. The third kappa shape index (κ3) is 2.30. The first-order chi connectivity index (χ1) is 4.33. The molecule has 51 valence electrons. The smallest absolute Gasteiger partial charge is 0.262 e. The quantitative estimate of drug-likeness (QED) is 0.669. The Bertz CT molecular complexity index is 250. The Morgan fingerprint density at radius 2 is 2.30 bits per heavy atom. The number of hydrogen-bond donors (Lipinski definition) is 0. The van der Waals surface area contributed by atoms with Crippen LogP contribution in [-0.2, 0) is 19.8 Å². The summed E-state index contributed by atoms with van der Waals surface area (Å²) < 4.78 is 0. The van der Waals surface area contributed by atoms with Crippen LogP contribution in [0.15, 0.2) is 18.2 Å². The molecule has 1 nitrogen and oxygen atoms in total. The average Bonchev–Trinajstić information content (AvgIpc) is 1.88. The second-order valence-corrected chi connectivity index (χ2v) is 1.89. The van der Waals surface area contributed by atoms with E-state index < -0.39 is 0 Å². The molecule has 0 aliphatic rings. The molecule has 0 atom stereocenters. The van der Waals surface area contributed by atoms with Crippen molar-refractivity contribution in [1.29, 1.82) is 5.26 Å². The molecule has 1 aromatic carbocycles. The summed E-state index contributed by atoms with van der Waals surface area (Å²) >= 11 is 0. The zero-order valence-corrected chi connectivity index (χ0v) is 8.07. The van der Waals surface area contributed by atoms with Gasteiger partial charge in [-0.2, -0.15) is 0 Å². The minimum absolute atomic E-state index is 0. The number of rotatable bonds is 0. The summed E-state index contributed by atoms with van der Waals surface area (Å²) in [5.41, 5.74) is 1.71. The van der Waals surface area contributed by atoms with Crippen LogP contribution >= 0.6 is 0 Å². The SMILES string of the molecule is Cc1cc[c-]c(C#N)c1.[Os+]. The van der Waals surface area contributed by atoms with E-state index in [0.717, 1.165) is 5.56 Å². The van der Waals surface area contributed by atoms with Crippen molar-refractivity contribution in [2.24, 2.45) is 0 Å². The molecular weight excluding hydrogens is 300 g/mol. The molecule has 0 aromatic heterocycles. The van der Waals surface area contributed by atoms with E-state index >= 15 is 0 Å². The summed E-state index contributed by atoms with van der Waals surface area (Å²) in [5.74, 6) is 0. The van der Waals surface area contributed by atoms with E-state index in [0.29, 0.717) is 5.56 Å². The van der Waals surface area contributed by atoms with Crippen LogP contribution < -0.4 is 0 Å². The molecule has 0 saturated carbocycles. The number of benzene rings is 1. The summed E-state index contributed by atoms with van der Waals surface area (Å²) in [4.78, 5) is 0. The van der Waals surface area contributed by atoms with Gasteiger partial charge >= 0.3 is 19.8 Å². The fourth-order valence-corrected chi connectivity index (χ4v) is 0.645. The first kappa shape index (κ1) is 9.35. The predicted octanol–water partition coefficient (Wildman–Crippen LogP) is 1.66. The summed E-state index contributed by atoms with van der Waals surface area (Å²) in [6.45, 7) is 1.95. The van der Waals surface area contributed by atoms with E-state index in [2.05, 4.69) is 6.07 Å². The van der Waals surface area contributed by atoms with Crippen molar-refractivity contribution < 1.29 is 19.8 Å². The summed E-state index contributed by atoms with van der Waals surface area (Å²) in [6.07, 6.45) is 0. The van der Waals surface area contributed by atoms with Crippen molar-refractivity contribution >= 4 is 0 Å². The molecule has 0 unspecified atom stereocenters. The van der Waals surface area contributed by atoms with Crippen LogP contribution in [0.1, 0.15) is 11.1 Å². The van der Waals surface area contributed by atoms with Gasteiger partial charge < -0.3 is 0 Å². The zero-order chi connectivity index (χ0) is 6.69. The Labute approximate surface area is 73.7 Å². The van der Waals surface area contributed by atoms with Crippen LogP contribution in [0.2, 0.25) is 0 Å². The van der Waals surface area contributed by atoms with Gasteiger partial charge in [-0.1, -0.05) is 12.5 Å². The van der Waals surface area contributed by atoms with Crippen LogP contribution in [0.25, 0.3) is 0 Å². The third-order valence-corrected chi connectivity index (χ3v) is 1.08. The van der Waals surface area contributed by atoms with Crippen LogP contribution in [-0.4, -0.2) is 0 Å². The largest absolute Gasteiger partial charge is 1.00 e. The molecule has 0 aliphatic heterocycles. The molecule has 0 bridgehead atoms. The van der Waals surface area contributed by atoms with Gasteiger partial charge in [0.1, 0.15) is 0 Å². The Kier molecular flexibility index (Phi) is 3.93. The van der Waals surface area contributed by atoms with E-state index in [1.54, 1.807) is 12.1 Å². The summed E-state index contributed by atoms with van der Waals surface area (Å²) in [6, 6.07) is 10.3. The average molecular weight is 306 g/mol. The first-order valence-corrected chi connectivity index (χ1v) is 2.71. The first-order valence-electron chi connectivity index (χ1n) is 2.71. The maximum atomic E-state index is 8.38. The van der Waals surface area contributed by atoms with E-state index in [-0.39, 0.29) is 19.8 Å². The molecule has 2 heteroatoms. The maximum absolute atomic E-state index is 8.38. The van der Waals surface area contributed by atoms with Gasteiger partial charge in [-0.05, 0) is 6.07 Å².